The molecule has 0 aliphatic heterocycles. The zero-order chi connectivity index (χ0) is 15.5. The van der Waals surface area contributed by atoms with E-state index in [1.807, 2.05) is 19.1 Å². The molecule has 5 heteroatoms. The number of benzene rings is 1. The molecule has 0 saturated heterocycles. The van der Waals surface area contributed by atoms with Gasteiger partial charge in [0, 0.05) is 17.0 Å². The molecule has 2 heterocycles. The van der Waals surface area contributed by atoms with E-state index in [0.717, 1.165) is 29.4 Å². The Hall–Kier alpha value is -2.56. The van der Waals surface area contributed by atoms with E-state index in [1.165, 1.54) is 11.8 Å². The van der Waals surface area contributed by atoms with Gasteiger partial charge >= 0.3 is 0 Å². The van der Waals surface area contributed by atoms with Gasteiger partial charge in [0.2, 0.25) is 0 Å². The molecule has 0 aliphatic carbocycles. The molecular formula is C17H18N2O3. The summed E-state index contributed by atoms with van der Waals surface area (Å²) in [6, 6.07) is 7.79. The van der Waals surface area contributed by atoms with E-state index >= 15 is 0 Å². The number of rotatable bonds is 5. The molecule has 22 heavy (non-hydrogen) atoms. The molecule has 1 aromatic carbocycles. The predicted molar refractivity (Wildman–Crippen MR) is 82.6 cm³/mol. The molecule has 0 spiro atoms. The molecule has 1 N–H and O–H groups in total. The molecule has 0 bridgehead atoms. The van der Waals surface area contributed by atoms with Gasteiger partial charge in [-0.15, -0.1) is 0 Å². The van der Waals surface area contributed by atoms with Gasteiger partial charge in [0.25, 0.3) is 5.91 Å². The third kappa shape index (κ3) is 2.74. The van der Waals surface area contributed by atoms with Crippen molar-refractivity contribution < 1.29 is 13.7 Å². The van der Waals surface area contributed by atoms with Crippen molar-refractivity contribution in [2.24, 2.45) is 0 Å². The average molecular weight is 298 g/mol. The maximum atomic E-state index is 12.3. The Morgan fingerprint density at radius 2 is 2.18 bits per heavy atom. The van der Waals surface area contributed by atoms with Gasteiger partial charge in [0.1, 0.15) is 17.5 Å². The molecule has 114 valence electrons. The monoisotopic (exact) mass is 298 g/mol. The second-order valence-corrected chi connectivity index (χ2v) is 5.31. The third-order valence-electron chi connectivity index (χ3n) is 3.67. The number of carbonyl (C=O) groups is 1. The molecule has 0 saturated carbocycles. The minimum atomic E-state index is -0.242. The predicted octanol–water partition coefficient (Wildman–Crippen LogP) is 3.61. The van der Waals surface area contributed by atoms with Crippen molar-refractivity contribution in [1.82, 2.24) is 10.5 Å². The van der Waals surface area contributed by atoms with Crippen LogP contribution in [0, 0.1) is 6.92 Å². The van der Waals surface area contributed by atoms with Crippen molar-refractivity contribution >= 4 is 16.9 Å². The van der Waals surface area contributed by atoms with Crippen LogP contribution in [0.4, 0.5) is 0 Å². The lowest BCUT2D eigenvalue weighted by atomic mass is 10.1. The first-order valence-corrected chi connectivity index (χ1v) is 7.38. The van der Waals surface area contributed by atoms with Gasteiger partial charge in [-0.1, -0.05) is 24.6 Å². The highest BCUT2D eigenvalue weighted by atomic mass is 16.5. The summed E-state index contributed by atoms with van der Waals surface area (Å²) in [5.74, 6) is 0.112. The van der Waals surface area contributed by atoms with Crippen LogP contribution in [0.3, 0.4) is 0 Å². The number of hydrogen-bond acceptors (Lipinski definition) is 4. The maximum Gasteiger partial charge on any atom is 0.287 e. The third-order valence-corrected chi connectivity index (χ3v) is 3.67. The number of fused-ring (bicyclic) bond motifs is 1. The molecular weight excluding hydrogens is 280 g/mol. The largest absolute Gasteiger partial charge is 0.451 e. The second kappa shape index (κ2) is 6.05. The van der Waals surface area contributed by atoms with Crippen LogP contribution in [-0.2, 0) is 13.0 Å². The summed E-state index contributed by atoms with van der Waals surface area (Å²) in [7, 11) is 0. The van der Waals surface area contributed by atoms with E-state index in [4.69, 9.17) is 8.94 Å². The number of carbonyl (C=O) groups excluding carboxylic acids is 1. The van der Waals surface area contributed by atoms with Crippen LogP contribution in [0.2, 0.25) is 0 Å². The summed E-state index contributed by atoms with van der Waals surface area (Å²) >= 11 is 0. The number of aromatic nitrogens is 1. The van der Waals surface area contributed by atoms with Crippen molar-refractivity contribution in [1.29, 1.82) is 0 Å². The zero-order valence-electron chi connectivity index (χ0n) is 12.7. The second-order valence-electron chi connectivity index (χ2n) is 5.31. The van der Waals surface area contributed by atoms with E-state index in [2.05, 4.69) is 23.5 Å². The molecule has 0 fully saturated rings. The number of furan rings is 1. The highest BCUT2D eigenvalue weighted by Gasteiger charge is 2.17. The van der Waals surface area contributed by atoms with Gasteiger partial charge < -0.3 is 14.3 Å². The molecule has 0 radical (unpaired) electrons. The number of amides is 1. The number of nitrogens with zero attached hydrogens (tertiary/aromatic N) is 1. The fourth-order valence-corrected chi connectivity index (χ4v) is 2.51. The van der Waals surface area contributed by atoms with Crippen molar-refractivity contribution in [2.75, 3.05) is 0 Å². The molecule has 5 nitrogen and oxygen atoms in total. The van der Waals surface area contributed by atoms with Crippen molar-refractivity contribution in [2.45, 2.75) is 33.2 Å². The SMILES string of the molecule is CCCc1ccc2oc(C(=O)NCc3ccon3)c(C)c2c1. The molecule has 0 unspecified atom stereocenters. The summed E-state index contributed by atoms with van der Waals surface area (Å²) in [5.41, 5.74) is 3.54. The van der Waals surface area contributed by atoms with Crippen molar-refractivity contribution in [3.05, 3.63) is 53.1 Å². The molecule has 2 aromatic heterocycles. The van der Waals surface area contributed by atoms with Crippen LogP contribution in [0.15, 0.2) is 39.5 Å². The Balaban J connectivity index is 1.83. The molecule has 3 aromatic rings. The summed E-state index contributed by atoms with van der Waals surface area (Å²) in [6.07, 6.45) is 3.59. The van der Waals surface area contributed by atoms with Crippen LogP contribution in [0.5, 0.6) is 0 Å². The first-order chi connectivity index (χ1) is 10.7. The van der Waals surface area contributed by atoms with E-state index in [1.54, 1.807) is 6.07 Å². The van der Waals surface area contributed by atoms with Gasteiger partial charge in [-0.25, -0.2) is 0 Å². The summed E-state index contributed by atoms with van der Waals surface area (Å²) < 4.78 is 10.4. The minimum Gasteiger partial charge on any atom is -0.451 e. The Morgan fingerprint density at radius 3 is 2.91 bits per heavy atom. The van der Waals surface area contributed by atoms with Gasteiger partial charge in [-0.05, 0) is 31.0 Å². The molecule has 0 aliphatic rings. The number of nitrogens with one attached hydrogen (secondary N) is 1. The Kier molecular flexibility index (Phi) is 3.96. The van der Waals surface area contributed by atoms with E-state index in [0.29, 0.717) is 18.0 Å². The quantitative estimate of drug-likeness (QED) is 0.781. The first kappa shape index (κ1) is 14.4. The van der Waals surface area contributed by atoms with Crippen molar-refractivity contribution in [3.8, 4) is 0 Å². The lowest BCUT2D eigenvalue weighted by Crippen LogP contribution is -2.23. The number of aryl methyl sites for hydroxylation is 2. The first-order valence-electron chi connectivity index (χ1n) is 7.38. The highest BCUT2D eigenvalue weighted by Crippen LogP contribution is 2.26. The fraction of sp³-hybridized carbons (Fsp3) is 0.294. The smallest absolute Gasteiger partial charge is 0.287 e. The Bertz CT molecular complexity index is 788. The Labute approximate surface area is 128 Å². The van der Waals surface area contributed by atoms with Gasteiger partial charge in [-0.3, -0.25) is 4.79 Å². The lowest BCUT2D eigenvalue weighted by molar-refractivity contribution is 0.0923. The highest BCUT2D eigenvalue weighted by molar-refractivity contribution is 5.99. The van der Waals surface area contributed by atoms with Crippen LogP contribution < -0.4 is 5.32 Å². The van der Waals surface area contributed by atoms with Crippen LogP contribution in [0.25, 0.3) is 11.0 Å². The molecule has 0 atom stereocenters. The summed E-state index contributed by atoms with van der Waals surface area (Å²) in [4.78, 5) is 12.3. The summed E-state index contributed by atoms with van der Waals surface area (Å²) in [6.45, 7) is 4.37. The standard InChI is InChI=1S/C17H18N2O3/c1-3-4-12-5-6-15-14(9-12)11(2)16(22-15)17(20)18-10-13-7-8-21-19-13/h5-9H,3-4,10H2,1-2H3,(H,18,20). The van der Waals surface area contributed by atoms with E-state index in [9.17, 15) is 4.79 Å². The van der Waals surface area contributed by atoms with Gasteiger partial charge in [-0.2, -0.15) is 0 Å². The van der Waals surface area contributed by atoms with E-state index < -0.39 is 0 Å². The lowest BCUT2D eigenvalue weighted by Gasteiger charge is -2.00. The zero-order valence-corrected chi connectivity index (χ0v) is 12.7. The van der Waals surface area contributed by atoms with Gasteiger partial charge in [0.15, 0.2) is 5.76 Å². The van der Waals surface area contributed by atoms with Crippen LogP contribution in [-0.4, -0.2) is 11.1 Å². The minimum absolute atomic E-state index is 0.242. The molecule has 3 rings (SSSR count). The van der Waals surface area contributed by atoms with Crippen LogP contribution >= 0.6 is 0 Å². The van der Waals surface area contributed by atoms with Gasteiger partial charge in [0.05, 0.1) is 6.54 Å². The molecule has 1 amide bonds. The topological polar surface area (TPSA) is 68.3 Å². The maximum absolute atomic E-state index is 12.3. The van der Waals surface area contributed by atoms with Crippen LogP contribution in [0.1, 0.15) is 40.7 Å². The van der Waals surface area contributed by atoms with E-state index in [-0.39, 0.29) is 5.91 Å². The average Bonchev–Trinajstić information content (AvgIpc) is 3.14. The van der Waals surface area contributed by atoms with Crippen molar-refractivity contribution in [3.63, 3.8) is 0 Å². The normalized spacial score (nSPS) is 11.0. The fourth-order valence-electron chi connectivity index (χ4n) is 2.51. The Morgan fingerprint density at radius 1 is 1.32 bits per heavy atom. The summed E-state index contributed by atoms with van der Waals surface area (Å²) in [5, 5.41) is 7.54. The number of hydrogen-bond donors (Lipinski definition) is 1.